The van der Waals surface area contributed by atoms with Crippen molar-refractivity contribution in [3.05, 3.63) is 34.3 Å². The molecule has 2 N–H and O–H groups in total. The van der Waals surface area contributed by atoms with Gasteiger partial charge in [-0.3, -0.25) is 0 Å². The van der Waals surface area contributed by atoms with Gasteiger partial charge in [-0.25, -0.2) is 0 Å². The lowest BCUT2D eigenvalue weighted by molar-refractivity contribution is 0.267. The number of hydrogen-bond donors (Lipinski definition) is 1. The summed E-state index contributed by atoms with van der Waals surface area (Å²) in [4.78, 5) is 2.40. The maximum absolute atomic E-state index is 5.78. The van der Waals surface area contributed by atoms with Crippen molar-refractivity contribution in [2.24, 2.45) is 11.7 Å². The van der Waals surface area contributed by atoms with Gasteiger partial charge in [0.25, 0.3) is 0 Å². The van der Waals surface area contributed by atoms with Crippen molar-refractivity contribution < 1.29 is 0 Å². The van der Waals surface area contributed by atoms with Gasteiger partial charge in [0.05, 0.1) is 0 Å². The van der Waals surface area contributed by atoms with E-state index in [4.69, 9.17) is 5.73 Å². The zero-order valence-corrected chi connectivity index (χ0v) is 14.0. The normalized spacial score (nSPS) is 14.6. The Bertz CT molecular complexity index is 348. The van der Waals surface area contributed by atoms with Gasteiger partial charge in [0.2, 0.25) is 0 Å². The van der Waals surface area contributed by atoms with Crippen LogP contribution < -0.4 is 5.73 Å². The zero-order valence-electron chi connectivity index (χ0n) is 12.4. The van der Waals surface area contributed by atoms with Gasteiger partial charge in [-0.2, -0.15) is 0 Å². The maximum atomic E-state index is 5.78. The minimum absolute atomic E-state index is 0.340. The number of benzene rings is 1. The molecule has 0 fully saturated rings. The van der Waals surface area contributed by atoms with Crippen LogP contribution in [0.25, 0.3) is 0 Å². The maximum Gasteiger partial charge on any atom is 0.0230 e. The number of nitrogens with two attached hydrogens (primary N) is 1. The molecule has 1 aromatic rings. The van der Waals surface area contributed by atoms with E-state index in [0.717, 1.165) is 29.9 Å². The number of hydrogen-bond acceptors (Lipinski definition) is 2. The number of rotatable bonds is 8. The molecule has 0 bridgehead atoms. The Morgan fingerprint density at radius 2 is 1.79 bits per heavy atom. The minimum Gasteiger partial charge on any atom is -0.328 e. The third-order valence-corrected chi connectivity index (χ3v) is 3.87. The lowest BCUT2D eigenvalue weighted by atomic mass is 10.0. The van der Waals surface area contributed by atoms with E-state index in [-0.39, 0.29) is 0 Å². The van der Waals surface area contributed by atoms with E-state index in [9.17, 15) is 0 Å². The smallest absolute Gasteiger partial charge is 0.0230 e. The van der Waals surface area contributed by atoms with Gasteiger partial charge in [-0.05, 0) is 50.4 Å². The molecule has 0 saturated carbocycles. The van der Waals surface area contributed by atoms with E-state index in [1.165, 1.54) is 18.4 Å². The summed E-state index contributed by atoms with van der Waals surface area (Å²) in [5, 5.41) is 0. The van der Waals surface area contributed by atoms with Crippen LogP contribution in [-0.4, -0.2) is 24.5 Å². The molecule has 19 heavy (non-hydrogen) atoms. The van der Waals surface area contributed by atoms with E-state index < -0.39 is 0 Å². The minimum atomic E-state index is 0.340. The van der Waals surface area contributed by atoms with E-state index in [1.807, 2.05) is 0 Å². The predicted molar refractivity (Wildman–Crippen MR) is 87.1 cm³/mol. The van der Waals surface area contributed by atoms with Crippen molar-refractivity contribution in [2.75, 3.05) is 13.6 Å². The summed E-state index contributed by atoms with van der Waals surface area (Å²) in [7, 11) is 2.20. The monoisotopic (exact) mass is 326 g/mol. The molecule has 3 heteroatoms. The highest BCUT2D eigenvalue weighted by molar-refractivity contribution is 9.10. The first kappa shape index (κ1) is 16.7. The van der Waals surface area contributed by atoms with Crippen molar-refractivity contribution in [3.8, 4) is 0 Å². The van der Waals surface area contributed by atoms with Gasteiger partial charge in [0, 0.05) is 23.6 Å². The third kappa shape index (κ3) is 7.71. The molecule has 0 saturated heterocycles. The molecular weight excluding hydrogens is 300 g/mol. The molecule has 1 aromatic carbocycles. The molecule has 0 amide bonds. The molecule has 1 rings (SSSR count). The topological polar surface area (TPSA) is 29.3 Å². The molecule has 108 valence electrons. The van der Waals surface area contributed by atoms with Gasteiger partial charge in [-0.1, -0.05) is 41.4 Å². The van der Waals surface area contributed by atoms with Crippen molar-refractivity contribution in [1.82, 2.24) is 4.90 Å². The van der Waals surface area contributed by atoms with Crippen LogP contribution >= 0.6 is 15.9 Å². The summed E-state index contributed by atoms with van der Waals surface area (Å²) in [6.07, 6.45) is 3.65. The van der Waals surface area contributed by atoms with E-state index >= 15 is 0 Å². The first-order valence-corrected chi connectivity index (χ1v) is 7.95. The first-order valence-electron chi connectivity index (χ1n) is 7.16. The Hall–Kier alpha value is -0.380. The molecule has 0 radical (unpaired) electrons. The second kappa shape index (κ2) is 8.72. The first-order chi connectivity index (χ1) is 8.97. The molecule has 2 unspecified atom stereocenters. The summed E-state index contributed by atoms with van der Waals surface area (Å²) in [5.41, 5.74) is 7.15. The van der Waals surface area contributed by atoms with Crippen molar-refractivity contribution in [2.45, 2.75) is 45.7 Å². The Morgan fingerprint density at radius 1 is 1.16 bits per heavy atom. The summed E-state index contributed by atoms with van der Waals surface area (Å²) in [6, 6.07) is 8.92. The van der Waals surface area contributed by atoms with E-state index in [1.54, 1.807) is 0 Å². The Labute approximate surface area is 126 Å². The van der Waals surface area contributed by atoms with Crippen LogP contribution in [0.15, 0.2) is 28.7 Å². The number of halogens is 1. The molecule has 0 heterocycles. The average Bonchev–Trinajstić information content (AvgIpc) is 2.31. The van der Waals surface area contributed by atoms with E-state index in [0.29, 0.717) is 6.04 Å². The van der Waals surface area contributed by atoms with Crippen LogP contribution in [0, 0.1) is 5.92 Å². The lowest BCUT2D eigenvalue weighted by Crippen LogP contribution is -2.24. The third-order valence-electron chi connectivity index (χ3n) is 3.35. The molecule has 0 aromatic heterocycles. The zero-order chi connectivity index (χ0) is 14.3. The highest BCUT2D eigenvalue weighted by atomic mass is 79.9. The highest BCUT2D eigenvalue weighted by Crippen LogP contribution is 2.14. The molecule has 0 aliphatic rings. The average molecular weight is 327 g/mol. The van der Waals surface area contributed by atoms with Gasteiger partial charge in [0.1, 0.15) is 0 Å². The quantitative estimate of drug-likeness (QED) is 0.781. The van der Waals surface area contributed by atoms with Gasteiger partial charge >= 0.3 is 0 Å². The fourth-order valence-corrected chi connectivity index (χ4v) is 2.64. The fraction of sp³-hybridized carbons (Fsp3) is 0.625. The summed E-state index contributed by atoms with van der Waals surface area (Å²) < 4.78 is 1.14. The molecule has 0 aliphatic carbocycles. The second-order valence-corrected chi connectivity index (χ2v) is 6.75. The predicted octanol–water partition coefficient (Wildman–Crippen LogP) is 4.03. The standard InChI is InChI=1S/C16H27BrN2/c1-13(5-4-6-14(2)18)11-19(3)12-15-7-9-16(17)10-8-15/h7-10,13-14H,4-6,11-12,18H2,1-3H3. The van der Waals surface area contributed by atoms with Crippen LogP contribution in [0.3, 0.4) is 0 Å². The van der Waals surface area contributed by atoms with Gasteiger partial charge in [0.15, 0.2) is 0 Å². The van der Waals surface area contributed by atoms with Crippen LogP contribution in [0.4, 0.5) is 0 Å². The second-order valence-electron chi connectivity index (χ2n) is 5.84. The Balaban J connectivity index is 2.26. The van der Waals surface area contributed by atoms with Crippen molar-refractivity contribution in [3.63, 3.8) is 0 Å². The Morgan fingerprint density at radius 3 is 2.37 bits per heavy atom. The molecule has 2 nitrogen and oxygen atoms in total. The number of nitrogens with zero attached hydrogens (tertiary/aromatic N) is 1. The van der Waals surface area contributed by atoms with Crippen LogP contribution in [-0.2, 0) is 6.54 Å². The Kier molecular flexibility index (Phi) is 7.66. The summed E-state index contributed by atoms with van der Waals surface area (Å²) in [6.45, 7) is 6.59. The molecule has 0 spiro atoms. The van der Waals surface area contributed by atoms with Crippen LogP contribution in [0.2, 0.25) is 0 Å². The molecule has 0 aliphatic heterocycles. The molecule has 2 atom stereocenters. The van der Waals surface area contributed by atoms with Gasteiger partial charge in [-0.15, -0.1) is 0 Å². The summed E-state index contributed by atoms with van der Waals surface area (Å²) >= 11 is 3.47. The largest absolute Gasteiger partial charge is 0.328 e. The fourth-order valence-electron chi connectivity index (χ4n) is 2.38. The van der Waals surface area contributed by atoms with Crippen LogP contribution in [0.1, 0.15) is 38.7 Å². The van der Waals surface area contributed by atoms with Crippen molar-refractivity contribution in [1.29, 1.82) is 0 Å². The summed E-state index contributed by atoms with van der Waals surface area (Å²) in [5.74, 6) is 0.735. The van der Waals surface area contributed by atoms with E-state index in [2.05, 4.69) is 66.0 Å². The van der Waals surface area contributed by atoms with Crippen LogP contribution in [0.5, 0.6) is 0 Å². The van der Waals surface area contributed by atoms with Gasteiger partial charge < -0.3 is 10.6 Å². The lowest BCUT2D eigenvalue weighted by Gasteiger charge is -2.21. The molecular formula is C16H27BrN2. The SMILES string of the molecule is CC(N)CCCC(C)CN(C)Cc1ccc(Br)cc1. The highest BCUT2D eigenvalue weighted by Gasteiger charge is 2.07. The van der Waals surface area contributed by atoms with Crippen molar-refractivity contribution >= 4 is 15.9 Å².